The highest BCUT2D eigenvalue weighted by atomic mass is 16.5. The Balaban J connectivity index is 1.67. The van der Waals surface area contributed by atoms with Crippen molar-refractivity contribution < 1.29 is 9.53 Å². The molecule has 0 saturated carbocycles. The van der Waals surface area contributed by atoms with Gasteiger partial charge >= 0.3 is 0 Å². The summed E-state index contributed by atoms with van der Waals surface area (Å²) in [5.74, 6) is 2.86. The first-order valence-corrected chi connectivity index (χ1v) is 8.50. The predicted molar refractivity (Wildman–Crippen MR) is 91.0 cm³/mol. The maximum absolute atomic E-state index is 12.5. The molecule has 0 saturated heterocycles. The van der Waals surface area contributed by atoms with Gasteiger partial charge in [0, 0.05) is 18.5 Å². The van der Waals surface area contributed by atoms with Crippen LogP contribution in [0, 0.1) is 5.92 Å². The molecule has 6 heteroatoms. The summed E-state index contributed by atoms with van der Waals surface area (Å²) in [7, 11) is 0. The van der Waals surface area contributed by atoms with E-state index in [2.05, 4.69) is 33.9 Å². The van der Waals surface area contributed by atoms with Crippen molar-refractivity contribution in [2.24, 2.45) is 5.92 Å². The molecule has 1 aromatic heterocycles. The minimum absolute atomic E-state index is 0.132. The van der Waals surface area contributed by atoms with Crippen molar-refractivity contribution in [3.8, 4) is 5.75 Å². The molecule has 0 fully saturated rings. The largest absolute Gasteiger partial charge is 0.493 e. The van der Waals surface area contributed by atoms with E-state index in [1.165, 1.54) is 0 Å². The van der Waals surface area contributed by atoms with Crippen LogP contribution in [0.3, 0.4) is 0 Å². The zero-order chi connectivity index (χ0) is 17.1. The van der Waals surface area contributed by atoms with Crippen LogP contribution in [0.4, 0.5) is 0 Å². The fourth-order valence-corrected chi connectivity index (χ4v) is 2.83. The molecule has 0 unspecified atom stereocenters. The molecule has 6 nitrogen and oxygen atoms in total. The lowest BCUT2D eigenvalue weighted by atomic mass is 10.2. The van der Waals surface area contributed by atoms with Crippen molar-refractivity contribution in [3.63, 3.8) is 0 Å². The Bertz CT molecular complexity index is 724. The minimum atomic E-state index is -0.183. The van der Waals surface area contributed by atoms with Gasteiger partial charge in [0.1, 0.15) is 11.6 Å². The maximum Gasteiger partial charge on any atom is 0.251 e. The summed E-state index contributed by atoms with van der Waals surface area (Å²) in [6.45, 7) is 7.68. The van der Waals surface area contributed by atoms with Crippen molar-refractivity contribution >= 4 is 5.91 Å². The van der Waals surface area contributed by atoms with Crippen LogP contribution >= 0.6 is 0 Å². The van der Waals surface area contributed by atoms with Crippen LogP contribution in [-0.4, -0.2) is 27.3 Å². The Labute approximate surface area is 142 Å². The van der Waals surface area contributed by atoms with E-state index in [4.69, 9.17) is 4.74 Å². The molecule has 1 atom stereocenters. The minimum Gasteiger partial charge on any atom is -0.493 e. The summed E-state index contributed by atoms with van der Waals surface area (Å²) in [6, 6.07) is 7.09. The summed E-state index contributed by atoms with van der Waals surface area (Å²) in [5.41, 5.74) is 0.587. The van der Waals surface area contributed by atoms with Gasteiger partial charge in [-0.15, -0.1) is 10.2 Å². The molecular weight excluding hydrogens is 304 g/mol. The van der Waals surface area contributed by atoms with E-state index in [1.807, 2.05) is 19.1 Å². The molecule has 2 aromatic rings. The number of ether oxygens (including phenoxy) is 1. The second-order valence-electron chi connectivity index (χ2n) is 6.66. The molecule has 1 N–H and O–H groups in total. The van der Waals surface area contributed by atoms with Crippen molar-refractivity contribution in [1.29, 1.82) is 0 Å². The van der Waals surface area contributed by atoms with Crippen LogP contribution in [0.1, 0.15) is 55.2 Å². The Kier molecular flexibility index (Phi) is 4.83. The van der Waals surface area contributed by atoms with Gasteiger partial charge < -0.3 is 14.6 Å². The molecule has 3 rings (SSSR count). The summed E-state index contributed by atoms with van der Waals surface area (Å²) in [5, 5.41) is 11.4. The molecule has 1 aliphatic heterocycles. The molecule has 1 aromatic carbocycles. The monoisotopic (exact) mass is 328 g/mol. The van der Waals surface area contributed by atoms with Gasteiger partial charge in [-0.2, -0.15) is 0 Å². The van der Waals surface area contributed by atoms with Gasteiger partial charge in [-0.1, -0.05) is 19.9 Å². The number of carbonyl (C=O) groups excluding carboxylic acids is 1. The van der Waals surface area contributed by atoms with E-state index in [0.717, 1.165) is 31.0 Å². The lowest BCUT2D eigenvalue weighted by molar-refractivity contribution is 0.0937. The second kappa shape index (κ2) is 7.03. The number of nitrogens with zero attached hydrogens (tertiary/aromatic N) is 3. The number of aromatic nitrogens is 3. The number of nitrogens with one attached hydrogen (secondary N) is 1. The van der Waals surface area contributed by atoms with Gasteiger partial charge in [0.05, 0.1) is 12.6 Å². The van der Waals surface area contributed by atoms with Crippen molar-refractivity contribution in [2.45, 2.75) is 46.2 Å². The van der Waals surface area contributed by atoms with Crippen LogP contribution in [0.5, 0.6) is 5.75 Å². The van der Waals surface area contributed by atoms with E-state index in [9.17, 15) is 4.79 Å². The number of hydrogen-bond acceptors (Lipinski definition) is 4. The molecule has 128 valence electrons. The van der Waals surface area contributed by atoms with E-state index < -0.39 is 0 Å². The average molecular weight is 328 g/mol. The summed E-state index contributed by atoms with van der Waals surface area (Å²) in [4.78, 5) is 12.5. The summed E-state index contributed by atoms with van der Waals surface area (Å²) in [6.07, 6.45) is 2.05. The lowest BCUT2D eigenvalue weighted by Crippen LogP contribution is -2.28. The molecule has 1 aliphatic rings. The molecule has 24 heavy (non-hydrogen) atoms. The molecule has 0 aliphatic carbocycles. The first-order chi connectivity index (χ1) is 11.5. The number of benzene rings is 1. The van der Waals surface area contributed by atoms with Crippen LogP contribution < -0.4 is 10.1 Å². The summed E-state index contributed by atoms with van der Waals surface area (Å²) >= 11 is 0. The van der Waals surface area contributed by atoms with Crippen LogP contribution in [-0.2, 0) is 13.0 Å². The van der Waals surface area contributed by atoms with Gasteiger partial charge in [-0.05, 0) is 37.5 Å². The second-order valence-corrected chi connectivity index (χ2v) is 6.66. The fourth-order valence-electron chi connectivity index (χ4n) is 2.83. The van der Waals surface area contributed by atoms with Crippen LogP contribution in [0.25, 0.3) is 0 Å². The number of amides is 1. The van der Waals surface area contributed by atoms with E-state index >= 15 is 0 Å². The highest BCUT2D eigenvalue weighted by molar-refractivity contribution is 5.94. The topological polar surface area (TPSA) is 69.0 Å². The average Bonchev–Trinajstić information content (AvgIpc) is 3.16. The quantitative estimate of drug-likeness (QED) is 0.885. The highest BCUT2D eigenvalue weighted by Crippen LogP contribution is 2.20. The van der Waals surface area contributed by atoms with E-state index in [1.54, 1.807) is 12.1 Å². The van der Waals surface area contributed by atoms with Gasteiger partial charge in [0.2, 0.25) is 0 Å². The van der Waals surface area contributed by atoms with Gasteiger partial charge in [-0.3, -0.25) is 4.79 Å². The lowest BCUT2D eigenvalue weighted by Gasteiger charge is -2.15. The highest BCUT2D eigenvalue weighted by Gasteiger charge is 2.22. The van der Waals surface area contributed by atoms with Gasteiger partial charge in [0.25, 0.3) is 5.91 Å². The van der Waals surface area contributed by atoms with Crippen molar-refractivity contribution in [3.05, 3.63) is 41.5 Å². The first-order valence-electron chi connectivity index (χ1n) is 8.50. The van der Waals surface area contributed by atoms with Crippen molar-refractivity contribution in [2.75, 3.05) is 6.61 Å². The Hall–Kier alpha value is -2.37. The smallest absolute Gasteiger partial charge is 0.251 e. The normalized spacial score (nSPS) is 14.5. The van der Waals surface area contributed by atoms with E-state index in [0.29, 0.717) is 23.8 Å². The number of aryl methyl sites for hydroxylation is 1. The van der Waals surface area contributed by atoms with Crippen LogP contribution in [0.2, 0.25) is 0 Å². The zero-order valence-electron chi connectivity index (χ0n) is 14.5. The Morgan fingerprint density at radius 2 is 2.17 bits per heavy atom. The third-order valence-electron chi connectivity index (χ3n) is 4.05. The van der Waals surface area contributed by atoms with Gasteiger partial charge in [-0.25, -0.2) is 0 Å². The molecule has 0 bridgehead atoms. The van der Waals surface area contributed by atoms with Gasteiger partial charge in [0.15, 0.2) is 5.82 Å². The molecule has 0 spiro atoms. The van der Waals surface area contributed by atoms with E-state index in [-0.39, 0.29) is 11.9 Å². The third-order valence-corrected chi connectivity index (χ3v) is 4.05. The number of rotatable bonds is 6. The standard InChI is InChI=1S/C18H24N4O2/c1-12(2)11-24-15-7-4-6-14(10-15)18(23)19-13(3)17-21-20-16-8-5-9-22(16)17/h4,6-7,10,12-13H,5,8-9,11H2,1-3H3,(H,19,23)/t13-/m1/s1. The Morgan fingerprint density at radius 1 is 1.33 bits per heavy atom. The molecule has 1 amide bonds. The zero-order valence-corrected chi connectivity index (χ0v) is 14.5. The van der Waals surface area contributed by atoms with Crippen LogP contribution in [0.15, 0.2) is 24.3 Å². The number of carbonyl (C=O) groups is 1. The summed E-state index contributed by atoms with van der Waals surface area (Å²) < 4.78 is 7.79. The molecule has 2 heterocycles. The predicted octanol–water partition coefficient (Wildman–Crippen LogP) is 2.75. The number of fused-ring (bicyclic) bond motifs is 1. The Morgan fingerprint density at radius 3 is 2.96 bits per heavy atom. The third kappa shape index (κ3) is 3.58. The fraction of sp³-hybridized carbons (Fsp3) is 0.500. The SMILES string of the molecule is CC(C)COc1cccc(C(=O)N[C@H](C)c2nnc3n2CCC3)c1. The number of hydrogen-bond donors (Lipinski definition) is 1. The molecule has 0 radical (unpaired) electrons. The first kappa shape index (κ1) is 16.5. The molecular formula is C18H24N4O2. The van der Waals surface area contributed by atoms with Crippen molar-refractivity contribution in [1.82, 2.24) is 20.1 Å². The maximum atomic E-state index is 12.5.